The van der Waals surface area contributed by atoms with Gasteiger partial charge >= 0.3 is 0 Å². The zero-order valence-electron chi connectivity index (χ0n) is 20.3. The first-order chi connectivity index (χ1) is 15.7. The molecule has 0 bridgehead atoms. The standard InChI is InChI=1S/C24H35N7OS/c1-17(2)27-22(26-16-25)20-15-29-12-13-32-21-7-6-18(14-19(21)23(29)28-20)33-31-10-8-30(9-11-31)24(3,4)5/h6-7,14-17H,8-13H2,1-5H3,(H2,25,26,27). The number of nitrogens with two attached hydrogens (primary N) is 1. The summed E-state index contributed by atoms with van der Waals surface area (Å²) in [5.74, 6) is 2.29. The Morgan fingerprint density at radius 3 is 2.61 bits per heavy atom. The molecule has 4 rings (SSSR count). The molecule has 1 fully saturated rings. The van der Waals surface area contributed by atoms with E-state index in [1.54, 1.807) is 0 Å². The number of hydrogen-bond acceptors (Lipinski definition) is 6. The van der Waals surface area contributed by atoms with Gasteiger partial charge in [-0.05, 0) is 64.8 Å². The fourth-order valence-electron chi connectivity index (χ4n) is 4.11. The predicted molar refractivity (Wildman–Crippen MR) is 136 cm³/mol. The first-order valence-electron chi connectivity index (χ1n) is 11.6. The first-order valence-corrected chi connectivity index (χ1v) is 12.4. The molecule has 1 aromatic heterocycles. The van der Waals surface area contributed by atoms with E-state index in [1.807, 2.05) is 32.0 Å². The fraction of sp³-hybridized carbons (Fsp3) is 0.542. The Kier molecular flexibility index (Phi) is 7.11. The summed E-state index contributed by atoms with van der Waals surface area (Å²) in [6.07, 6.45) is 3.27. The maximum absolute atomic E-state index is 6.03. The Hall–Kier alpha value is -2.36. The number of imidazole rings is 1. The summed E-state index contributed by atoms with van der Waals surface area (Å²) in [5.41, 5.74) is 7.51. The quantitative estimate of drug-likeness (QED) is 0.419. The summed E-state index contributed by atoms with van der Waals surface area (Å²) in [4.78, 5) is 17.5. The van der Waals surface area contributed by atoms with Crippen LogP contribution in [0.1, 0.15) is 40.3 Å². The van der Waals surface area contributed by atoms with Gasteiger partial charge in [-0.2, -0.15) is 0 Å². The molecule has 2 aliphatic rings. The Balaban J connectivity index is 1.58. The second-order valence-corrected chi connectivity index (χ2v) is 10.8. The van der Waals surface area contributed by atoms with Gasteiger partial charge in [-0.15, -0.1) is 0 Å². The van der Waals surface area contributed by atoms with Gasteiger partial charge in [-0.3, -0.25) is 9.89 Å². The Labute approximate surface area is 201 Å². The molecule has 0 amide bonds. The molecular weight excluding hydrogens is 434 g/mol. The van der Waals surface area contributed by atoms with Crippen molar-refractivity contribution >= 4 is 24.1 Å². The molecule has 0 aliphatic carbocycles. The largest absolute Gasteiger partial charge is 0.491 e. The predicted octanol–water partition coefficient (Wildman–Crippen LogP) is 3.51. The van der Waals surface area contributed by atoms with Crippen molar-refractivity contribution in [2.75, 3.05) is 32.8 Å². The van der Waals surface area contributed by atoms with E-state index in [0.717, 1.165) is 55.6 Å². The molecule has 9 heteroatoms. The van der Waals surface area contributed by atoms with Crippen molar-refractivity contribution in [2.24, 2.45) is 15.7 Å². The zero-order chi connectivity index (χ0) is 23.6. The number of hydrogen-bond donors (Lipinski definition) is 1. The number of aliphatic imine (C=N–C) groups is 2. The van der Waals surface area contributed by atoms with Crippen molar-refractivity contribution in [3.8, 4) is 17.1 Å². The molecule has 2 aromatic rings. The van der Waals surface area contributed by atoms with E-state index >= 15 is 0 Å². The van der Waals surface area contributed by atoms with Crippen LogP contribution in [0.2, 0.25) is 0 Å². The summed E-state index contributed by atoms with van der Waals surface area (Å²) in [7, 11) is 0. The third kappa shape index (κ3) is 5.59. The molecule has 1 aromatic carbocycles. The lowest BCUT2D eigenvalue weighted by Crippen LogP contribution is -2.51. The molecule has 0 radical (unpaired) electrons. The third-order valence-electron chi connectivity index (χ3n) is 5.79. The number of rotatable bonds is 4. The second kappa shape index (κ2) is 9.87. The van der Waals surface area contributed by atoms with Crippen LogP contribution in [0.15, 0.2) is 39.3 Å². The first kappa shape index (κ1) is 23.8. The van der Waals surface area contributed by atoms with E-state index in [0.29, 0.717) is 12.4 Å². The Bertz CT molecular complexity index is 1030. The summed E-state index contributed by atoms with van der Waals surface area (Å²) in [6.45, 7) is 16.4. The van der Waals surface area contributed by atoms with E-state index in [4.69, 9.17) is 15.5 Å². The zero-order valence-corrected chi connectivity index (χ0v) is 21.1. The molecule has 3 heterocycles. The highest BCUT2D eigenvalue weighted by molar-refractivity contribution is 7.97. The van der Waals surface area contributed by atoms with Crippen LogP contribution in [-0.2, 0) is 6.54 Å². The summed E-state index contributed by atoms with van der Waals surface area (Å²) >= 11 is 1.81. The van der Waals surface area contributed by atoms with Gasteiger partial charge in [0, 0.05) is 48.9 Å². The van der Waals surface area contributed by atoms with Gasteiger partial charge in [0.1, 0.15) is 23.9 Å². The molecule has 2 N–H and O–H groups in total. The molecule has 8 nitrogen and oxygen atoms in total. The Morgan fingerprint density at radius 2 is 1.94 bits per heavy atom. The SMILES string of the molecule is CC(C)N=C(N=CN)c1cn2c(n1)-c1cc(SN3CCN(C(C)(C)C)CC3)ccc1OCC2. The van der Waals surface area contributed by atoms with Gasteiger partial charge in [-0.25, -0.2) is 14.3 Å². The minimum absolute atomic E-state index is 0.0996. The van der Waals surface area contributed by atoms with Crippen molar-refractivity contribution in [1.82, 2.24) is 18.8 Å². The number of piperazine rings is 1. The maximum atomic E-state index is 6.03. The average Bonchev–Trinajstić information content (AvgIpc) is 3.10. The number of amidine groups is 1. The van der Waals surface area contributed by atoms with Crippen LogP contribution in [0.25, 0.3) is 11.4 Å². The highest BCUT2D eigenvalue weighted by Crippen LogP contribution is 2.37. The van der Waals surface area contributed by atoms with Gasteiger partial charge in [0.05, 0.1) is 18.4 Å². The summed E-state index contributed by atoms with van der Waals surface area (Å²) < 4.78 is 10.6. The van der Waals surface area contributed by atoms with E-state index in [1.165, 1.54) is 11.2 Å². The fourth-order valence-corrected chi connectivity index (χ4v) is 5.05. The van der Waals surface area contributed by atoms with Crippen LogP contribution in [0.4, 0.5) is 0 Å². The van der Waals surface area contributed by atoms with Crippen molar-refractivity contribution in [2.45, 2.75) is 57.6 Å². The highest BCUT2D eigenvalue weighted by atomic mass is 32.2. The molecule has 0 unspecified atom stereocenters. The minimum Gasteiger partial charge on any atom is -0.491 e. The molecule has 33 heavy (non-hydrogen) atoms. The lowest BCUT2D eigenvalue weighted by molar-refractivity contribution is 0.0957. The van der Waals surface area contributed by atoms with Crippen molar-refractivity contribution < 1.29 is 4.74 Å². The summed E-state index contributed by atoms with van der Waals surface area (Å²) in [5, 5.41) is 0. The van der Waals surface area contributed by atoms with Gasteiger partial charge in [0.15, 0.2) is 5.84 Å². The molecule has 0 atom stereocenters. The average molecular weight is 470 g/mol. The number of nitrogens with zero attached hydrogens (tertiary/aromatic N) is 6. The number of fused-ring (bicyclic) bond motifs is 3. The van der Waals surface area contributed by atoms with Gasteiger partial charge in [-0.1, -0.05) is 0 Å². The molecule has 178 valence electrons. The van der Waals surface area contributed by atoms with Gasteiger partial charge in [0.25, 0.3) is 0 Å². The maximum Gasteiger partial charge on any atom is 0.176 e. The number of benzene rings is 1. The smallest absolute Gasteiger partial charge is 0.176 e. The van der Waals surface area contributed by atoms with E-state index < -0.39 is 0 Å². The lowest BCUT2D eigenvalue weighted by Gasteiger charge is -2.41. The molecule has 0 spiro atoms. The van der Waals surface area contributed by atoms with Crippen LogP contribution >= 0.6 is 11.9 Å². The van der Waals surface area contributed by atoms with Crippen LogP contribution in [0.5, 0.6) is 5.75 Å². The molecule has 0 saturated carbocycles. The van der Waals surface area contributed by atoms with Gasteiger partial charge < -0.3 is 15.0 Å². The number of ether oxygens (including phenoxy) is 1. The van der Waals surface area contributed by atoms with E-state index in [-0.39, 0.29) is 11.6 Å². The molecule has 2 aliphatic heterocycles. The monoisotopic (exact) mass is 469 g/mol. The normalized spacial score (nSPS) is 18.3. The van der Waals surface area contributed by atoms with Crippen LogP contribution in [0, 0.1) is 0 Å². The third-order valence-corrected chi connectivity index (χ3v) is 6.87. The highest BCUT2D eigenvalue weighted by Gasteiger charge is 2.27. The molecule has 1 saturated heterocycles. The second-order valence-electron chi connectivity index (χ2n) is 9.65. The van der Waals surface area contributed by atoms with E-state index in [9.17, 15) is 0 Å². The van der Waals surface area contributed by atoms with Crippen molar-refractivity contribution in [1.29, 1.82) is 0 Å². The van der Waals surface area contributed by atoms with Crippen LogP contribution < -0.4 is 10.5 Å². The Morgan fingerprint density at radius 1 is 1.18 bits per heavy atom. The minimum atomic E-state index is 0.0996. The van der Waals surface area contributed by atoms with Crippen molar-refractivity contribution in [3.63, 3.8) is 0 Å². The van der Waals surface area contributed by atoms with Crippen LogP contribution in [0.3, 0.4) is 0 Å². The van der Waals surface area contributed by atoms with Crippen molar-refractivity contribution in [3.05, 3.63) is 30.1 Å². The lowest BCUT2D eigenvalue weighted by atomic mass is 10.1. The topological polar surface area (TPSA) is 84.3 Å². The number of aromatic nitrogens is 2. The van der Waals surface area contributed by atoms with Crippen LogP contribution in [-0.4, -0.2) is 75.3 Å². The van der Waals surface area contributed by atoms with E-state index in [2.05, 4.69) is 62.7 Å². The summed E-state index contributed by atoms with van der Waals surface area (Å²) in [6, 6.07) is 6.50. The van der Waals surface area contributed by atoms with Gasteiger partial charge in [0.2, 0.25) is 0 Å². The molecular formula is C24H35N7OS.